The van der Waals surface area contributed by atoms with Crippen LogP contribution in [0.2, 0.25) is 0 Å². The predicted octanol–water partition coefficient (Wildman–Crippen LogP) is -0.340. The van der Waals surface area contributed by atoms with Crippen LogP contribution in [0, 0.1) is 0 Å². The minimum atomic E-state index is -3.87. The van der Waals surface area contributed by atoms with Crippen molar-refractivity contribution >= 4 is 33.3 Å². The number of benzene rings is 1. The van der Waals surface area contributed by atoms with Crippen molar-refractivity contribution in [2.24, 2.45) is 15.9 Å². The number of aliphatic hydroxyl groups excluding tert-OH is 1. The van der Waals surface area contributed by atoms with Crippen LogP contribution in [0.15, 0.2) is 33.6 Å². The van der Waals surface area contributed by atoms with E-state index < -0.39 is 22.1 Å². The average Bonchev–Trinajstić information content (AvgIpc) is 2.35. The largest absolute Gasteiger partial charge is 0.390 e. The maximum Gasteiger partial charge on any atom is 0.285 e. The van der Waals surface area contributed by atoms with Gasteiger partial charge in [-0.05, 0) is 24.3 Å². The quantitative estimate of drug-likeness (QED) is 0.323. The number of nitrogens with two attached hydrogens (primary N) is 2. The molecule has 0 fully saturated rings. The van der Waals surface area contributed by atoms with Crippen LogP contribution in [0.5, 0.6) is 0 Å². The SMILES string of the molecule is NC(N)=NS(=O)(=O)c1ccc(NCC(O)CCl)cc1. The lowest BCUT2D eigenvalue weighted by Gasteiger charge is -2.10. The summed E-state index contributed by atoms with van der Waals surface area (Å²) in [7, 11) is -3.87. The van der Waals surface area contributed by atoms with Crippen molar-refractivity contribution in [2.75, 3.05) is 17.7 Å². The smallest absolute Gasteiger partial charge is 0.285 e. The van der Waals surface area contributed by atoms with Crippen molar-refractivity contribution in [3.63, 3.8) is 0 Å². The molecule has 0 radical (unpaired) electrons. The van der Waals surface area contributed by atoms with E-state index in [0.717, 1.165) is 0 Å². The fourth-order valence-corrected chi connectivity index (χ4v) is 2.20. The third-order valence-electron chi connectivity index (χ3n) is 2.10. The summed E-state index contributed by atoms with van der Waals surface area (Å²) < 4.78 is 26.4. The molecule has 0 bridgehead atoms. The zero-order valence-corrected chi connectivity index (χ0v) is 11.5. The minimum Gasteiger partial charge on any atom is -0.390 e. The Kier molecular flexibility index (Phi) is 5.40. The highest BCUT2D eigenvalue weighted by Gasteiger charge is 2.12. The van der Waals surface area contributed by atoms with Gasteiger partial charge in [0.2, 0.25) is 5.96 Å². The third-order valence-corrected chi connectivity index (χ3v) is 3.77. The van der Waals surface area contributed by atoms with Crippen molar-refractivity contribution in [1.29, 1.82) is 0 Å². The van der Waals surface area contributed by atoms with Crippen LogP contribution in [-0.4, -0.2) is 38.0 Å². The molecule has 106 valence electrons. The topological polar surface area (TPSA) is 131 Å². The maximum absolute atomic E-state index is 11.6. The average molecular weight is 307 g/mol. The Balaban J connectivity index is 2.80. The molecule has 0 aliphatic rings. The van der Waals surface area contributed by atoms with Crippen molar-refractivity contribution < 1.29 is 13.5 Å². The molecule has 1 unspecified atom stereocenters. The molecular weight excluding hydrogens is 292 g/mol. The monoisotopic (exact) mass is 306 g/mol. The number of hydrogen-bond donors (Lipinski definition) is 4. The van der Waals surface area contributed by atoms with Gasteiger partial charge in [-0.3, -0.25) is 0 Å². The van der Waals surface area contributed by atoms with E-state index in [4.69, 9.17) is 23.1 Å². The van der Waals surface area contributed by atoms with Crippen LogP contribution in [0.3, 0.4) is 0 Å². The van der Waals surface area contributed by atoms with Crippen LogP contribution in [0.1, 0.15) is 0 Å². The first-order chi connectivity index (χ1) is 8.85. The van der Waals surface area contributed by atoms with Gasteiger partial charge in [0.1, 0.15) is 0 Å². The van der Waals surface area contributed by atoms with Gasteiger partial charge in [-0.1, -0.05) is 0 Å². The lowest BCUT2D eigenvalue weighted by molar-refractivity contribution is 0.211. The molecule has 0 amide bonds. The van der Waals surface area contributed by atoms with Gasteiger partial charge >= 0.3 is 0 Å². The number of nitrogens with zero attached hydrogens (tertiary/aromatic N) is 1. The summed E-state index contributed by atoms with van der Waals surface area (Å²) in [4.78, 5) is -0.0238. The zero-order valence-electron chi connectivity index (χ0n) is 9.95. The summed E-state index contributed by atoms with van der Waals surface area (Å²) in [5, 5.41) is 12.2. The molecule has 0 heterocycles. The molecule has 0 aliphatic carbocycles. The van der Waals surface area contributed by atoms with Gasteiger partial charge in [0.15, 0.2) is 0 Å². The Morgan fingerprint density at radius 3 is 2.42 bits per heavy atom. The number of hydrogen-bond acceptors (Lipinski definition) is 4. The summed E-state index contributed by atoms with van der Waals surface area (Å²) >= 11 is 5.44. The van der Waals surface area contributed by atoms with E-state index in [1.807, 2.05) is 0 Å². The fraction of sp³-hybridized carbons (Fsp3) is 0.300. The molecule has 0 aromatic heterocycles. The highest BCUT2D eigenvalue weighted by atomic mass is 35.5. The van der Waals surface area contributed by atoms with Gasteiger partial charge in [-0.15, -0.1) is 16.0 Å². The highest BCUT2D eigenvalue weighted by molar-refractivity contribution is 7.90. The van der Waals surface area contributed by atoms with E-state index in [1.54, 1.807) is 0 Å². The number of alkyl halides is 1. The van der Waals surface area contributed by atoms with Crippen LogP contribution >= 0.6 is 11.6 Å². The molecular formula is C10H15ClN4O3S. The molecule has 0 aliphatic heterocycles. The Hall–Kier alpha value is -1.51. The van der Waals surface area contributed by atoms with Crippen molar-refractivity contribution in [1.82, 2.24) is 0 Å². The number of sulfonamides is 1. The van der Waals surface area contributed by atoms with E-state index in [9.17, 15) is 13.5 Å². The van der Waals surface area contributed by atoms with E-state index >= 15 is 0 Å². The van der Waals surface area contributed by atoms with Crippen LogP contribution in [0.25, 0.3) is 0 Å². The predicted molar refractivity (Wildman–Crippen MR) is 74.7 cm³/mol. The first-order valence-corrected chi connectivity index (χ1v) is 7.26. The Bertz CT molecular complexity index is 540. The third kappa shape index (κ3) is 4.93. The Morgan fingerprint density at radius 1 is 1.37 bits per heavy atom. The normalized spacial score (nSPS) is 12.7. The molecule has 9 heteroatoms. The second kappa shape index (κ2) is 6.60. The van der Waals surface area contributed by atoms with Gasteiger partial charge in [0.05, 0.1) is 16.9 Å². The van der Waals surface area contributed by atoms with E-state index in [1.165, 1.54) is 24.3 Å². The summed E-state index contributed by atoms with van der Waals surface area (Å²) in [6, 6.07) is 5.79. The Labute approximate surface area is 116 Å². The second-order valence-corrected chi connectivity index (χ2v) is 5.62. The van der Waals surface area contributed by atoms with Crippen molar-refractivity contribution in [3.05, 3.63) is 24.3 Å². The zero-order chi connectivity index (χ0) is 14.5. The Morgan fingerprint density at radius 2 is 1.95 bits per heavy atom. The highest BCUT2D eigenvalue weighted by Crippen LogP contribution is 2.16. The summed E-state index contributed by atoms with van der Waals surface area (Å²) in [5.41, 5.74) is 10.7. The van der Waals surface area contributed by atoms with Crippen molar-refractivity contribution in [2.45, 2.75) is 11.0 Å². The molecule has 6 N–H and O–H groups in total. The molecule has 0 saturated carbocycles. The van der Waals surface area contributed by atoms with Crippen LogP contribution < -0.4 is 16.8 Å². The molecule has 1 rings (SSSR count). The lowest BCUT2D eigenvalue weighted by atomic mass is 10.3. The van der Waals surface area contributed by atoms with Crippen molar-refractivity contribution in [3.8, 4) is 0 Å². The number of anilines is 1. The number of halogens is 1. The van der Waals surface area contributed by atoms with E-state index in [0.29, 0.717) is 5.69 Å². The first kappa shape index (κ1) is 15.5. The van der Waals surface area contributed by atoms with Gasteiger partial charge in [0, 0.05) is 12.2 Å². The maximum atomic E-state index is 11.6. The van der Waals surface area contributed by atoms with E-state index in [2.05, 4.69) is 9.71 Å². The molecule has 19 heavy (non-hydrogen) atoms. The number of aliphatic hydroxyl groups is 1. The molecule has 1 aromatic carbocycles. The minimum absolute atomic E-state index is 0.0238. The second-order valence-electron chi connectivity index (χ2n) is 3.70. The molecule has 0 saturated heterocycles. The summed E-state index contributed by atoms with van der Waals surface area (Å²) in [6.07, 6.45) is -0.674. The fourth-order valence-electron chi connectivity index (χ4n) is 1.23. The molecule has 1 atom stereocenters. The summed E-state index contributed by atoms with van der Waals surface area (Å²) in [6.45, 7) is 0.267. The van der Waals surface area contributed by atoms with E-state index in [-0.39, 0.29) is 17.3 Å². The number of nitrogens with one attached hydrogen (secondary N) is 1. The van der Waals surface area contributed by atoms with Gasteiger partial charge in [0.25, 0.3) is 10.0 Å². The number of guanidine groups is 1. The van der Waals surface area contributed by atoms with Crippen LogP contribution in [0.4, 0.5) is 5.69 Å². The standard InChI is InChI=1S/C10H15ClN4O3S/c11-5-8(16)6-14-7-1-3-9(4-2-7)19(17,18)15-10(12)13/h1-4,8,14,16H,5-6H2,(H4,12,13,15). The lowest BCUT2D eigenvalue weighted by Crippen LogP contribution is -2.24. The van der Waals surface area contributed by atoms with Gasteiger partial charge < -0.3 is 21.9 Å². The van der Waals surface area contributed by atoms with Gasteiger partial charge in [-0.2, -0.15) is 8.42 Å². The van der Waals surface area contributed by atoms with Gasteiger partial charge in [-0.25, -0.2) is 0 Å². The number of rotatable bonds is 6. The first-order valence-electron chi connectivity index (χ1n) is 5.29. The molecule has 1 aromatic rings. The molecule has 7 nitrogen and oxygen atoms in total. The summed E-state index contributed by atoms with van der Waals surface area (Å²) in [5.74, 6) is -0.406. The van der Waals surface area contributed by atoms with Crippen LogP contribution in [-0.2, 0) is 10.0 Å². The molecule has 0 spiro atoms.